The van der Waals surface area contributed by atoms with Crippen LogP contribution in [0.4, 0.5) is 0 Å². The third-order valence-corrected chi connectivity index (χ3v) is 2.18. The fraction of sp³-hybridized carbons (Fsp3) is 0.750. The quantitative estimate of drug-likeness (QED) is 0.568. The SMILES string of the molecule is CNC(=O)C1CCN(CC#N)C1. The van der Waals surface area contributed by atoms with Gasteiger partial charge in [-0.25, -0.2) is 0 Å². The number of nitriles is 1. The lowest BCUT2D eigenvalue weighted by Crippen LogP contribution is -2.30. The Morgan fingerprint density at radius 2 is 2.58 bits per heavy atom. The molecule has 0 aliphatic carbocycles. The molecule has 1 heterocycles. The zero-order chi connectivity index (χ0) is 8.97. The number of nitrogens with one attached hydrogen (secondary N) is 1. The molecule has 1 fully saturated rings. The minimum Gasteiger partial charge on any atom is -0.359 e. The van der Waals surface area contributed by atoms with Crippen LogP contribution in [-0.4, -0.2) is 37.5 Å². The van der Waals surface area contributed by atoms with Crippen LogP contribution >= 0.6 is 0 Å². The van der Waals surface area contributed by atoms with Gasteiger partial charge in [-0.3, -0.25) is 9.69 Å². The van der Waals surface area contributed by atoms with E-state index < -0.39 is 0 Å². The molecule has 0 aromatic heterocycles. The number of carbonyl (C=O) groups is 1. The summed E-state index contributed by atoms with van der Waals surface area (Å²) in [6, 6.07) is 2.08. The first-order valence-corrected chi connectivity index (χ1v) is 4.09. The zero-order valence-corrected chi connectivity index (χ0v) is 7.21. The first-order chi connectivity index (χ1) is 5.77. The molecule has 0 bridgehead atoms. The lowest BCUT2D eigenvalue weighted by atomic mass is 10.1. The van der Waals surface area contributed by atoms with Gasteiger partial charge in [0.1, 0.15) is 0 Å². The molecule has 1 rings (SSSR count). The van der Waals surface area contributed by atoms with Gasteiger partial charge < -0.3 is 5.32 Å². The Labute approximate surface area is 72.2 Å². The van der Waals surface area contributed by atoms with Gasteiger partial charge in [0.05, 0.1) is 18.5 Å². The first kappa shape index (κ1) is 9.01. The molecular formula is C8H13N3O. The van der Waals surface area contributed by atoms with E-state index in [1.54, 1.807) is 7.05 Å². The van der Waals surface area contributed by atoms with Gasteiger partial charge in [0.25, 0.3) is 0 Å². The summed E-state index contributed by atoms with van der Waals surface area (Å²) in [6.07, 6.45) is 0.876. The number of hydrogen-bond acceptors (Lipinski definition) is 3. The molecule has 0 aromatic carbocycles. The van der Waals surface area contributed by atoms with Crippen LogP contribution in [0.2, 0.25) is 0 Å². The number of nitrogens with zero attached hydrogens (tertiary/aromatic N) is 2. The molecular weight excluding hydrogens is 154 g/mol. The summed E-state index contributed by atoms with van der Waals surface area (Å²) in [7, 11) is 1.65. The summed E-state index contributed by atoms with van der Waals surface area (Å²) < 4.78 is 0. The summed E-state index contributed by atoms with van der Waals surface area (Å²) in [6.45, 7) is 2.03. The van der Waals surface area contributed by atoms with Crippen molar-refractivity contribution in [3.8, 4) is 6.07 Å². The van der Waals surface area contributed by atoms with Gasteiger partial charge in [-0.15, -0.1) is 0 Å². The van der Waals surface area contributed by atoms with E-state index in [4.69, 9.17) is 5.26 Å². The molecule has 1 amide bonds. The average molecular weight is 167 g/mol. The van der Waals surface area contributed by atoms with Crippen molar-refractivity contribution in [1.29, 1.82) is 5.26 Å². The molecule has 0 radical (unpaired) electrons. The van der Waals surface area contributed by atoms with Gasteiger partial charge in [-0.2, -0.15) is 5.26 Å². The molecule has 0 spiro atoms. The van der Waals surface area contributed by atoms with Crippen molar-refractivity contribution in [2.75, 3.05) is 26.7 Å². The van der Waals surface area contributed by atoms with Gasteiger partial charge >= 0.3 is 0 Å². The largest absolute Gasteiger partial charge is 0.359 e. The second kappa shape index (κ2) is 4.07. The fourth-order valence-corrected chi connectivity index (χ4v) is 1.49. The van der Waals surface area contributed by atoms with Gasteiger partial charge in [0, 0.05) is 13.6 Å². The van der Waals surface area contributed by atoms with Crippen LogP contribution in [-0.2, 0) is 4.79 Å². The lowest BCUT2D eigenvalue weighted by molar-refractivity contribution is -0.124. The summed E-state index contributed by atoms with van der Waals surface area (Å²) >= 11 is 0. The summed E-state index contributed by atoms with van der Waals surface area (Å²) in [5.74, 6) is 0.179. The van der Waals surface area contributed by atoms with E-state index in [0.717, 1.165) is 19.5 Å². The van der Waals surface area contributed by atoms with Crippen molar-refractivity contribution in [1.82, 2.24) is 10.2 Å². The predicted molar refractivity (Wildman–Crippen MR) is 44.2 cm³/mol. The maximum Gasteiger partial charge on any atom is 0.224 e. The summed E-state index contributed by atoms with van der Waals surface area (Å²) in [5.41, 5.74) is 0. The van der Waals surface area contributed by atoms with E-state index in [1.807, 2.05) is 4.90 Å². The van der Waals surface area contributed by atoms with Crippen LogP contribution in [0.15, 0.2) is 0 Å². The molecule has 0 aromatic rings. The van der Waals surface area contributed by atoms with Crippen molar-refractivity contribution in [2.24, 2.45) is 5.92 Å². The molecule has 1 aliphatic heterocycles. The van der Waals surface area contributed by atoms with Crippen LogP contribution in [0.3, 0.4) is 0 Å². The highest BCUT2D eigenvalue weighted by atomic mass is 16.1. The second-order valence-electron chi connectivity index (χ2n) is 2.99. The standard InChI is InChI=1S/C8H13N3O/c1-10-8(12)7-2-4-11(6-7)5-3-9/h7H,2,4-6H2,1H3,(H,10,12). The third-order valence-electron chi connectivity index (χ3n) is 2.18. The normalized spacial score (nSPS) is 23.5. The predicted octanol–water partition coefficient (Wildman–Crippen LogP) is -0.422. The lowest BCUT2D eigenvalue weighted by Gasteiger charge is -2.10. The number of likely N-dealkylation sites (tertiary alicyclic amines) is 1. The summed E-state index contributed by atoms with van der Waals surface area (Å²) in [5, 5.41) is 11.0. The minimum absolute atomic E-state index is 0.0864. The molecule has 1 atom stereocenters. The van der Waals surface area contributed by atoms with E-state index in [9.17, 15) is 4.79 Å². The maximum atomic E-state index is 11.1. The van der Waals surface area contributed by atoms with Crippen LogP contribution in [0.5, 0.6) is 0 Å². The fourth-order valence-electron chi connectivity index (χ4n) is 1.49. The van der Waals surface area contributed by atoms with Crippen molar-refractivity contribution in [3.05, 3.63) is 0 Å². The highest BCUT2D eigenvalue weighted by Gasteiger charge is 2.26. The Hall–Kier alpha value is -1.08. The van der Waals surface area contributed by atoms with E-state index >= 15 is 0 Å². The molecule has 1 aliphatic rings. The van der Waals surface area contributed by atoms with Crippen molar-refractivity contribution >= 4 is 5.91 Å². The van der Waals surface area contributed by atoms with Crippen molar-refractivity contribution in [2.45, 2.75) is 6.42 Å². The van der Waals surface area contributed by atoms with Crippen LogP contribution in [0.1, 0.15) is 6.42 Å². The minimum atomic E-state index is 0.0864. The summed E-state index contributed by atoms with van der Waals surface area (Å²) in [4.78, 5) is 13.1. The topological polar surface area (TPSA) is 56.1 Å². The van der Waals surface area contributed by atoms with Crippen LogP contribution < -0.4 is 5.32 Å². The second-order valence-corrected chi connectivity index (χ2v) is 2.99. The first-order valence-electron chi connectivity index (χ1n) is 4.09. The van der Waals surface area contributed by atoms with Crippen molar-refractivity contribution in [3.63, 3.8) is 0 Å². The number of amides is 1. The molecule has 4 nitrogen and oxygen atoms in total. The number of hydrogen-bond donors (Lipinski definition) is 1. The van der Waals surface area contributed by atoms with Gasteiger partial charge in [-0.1, -0.05) is 0 Å². The average Bonchev–Trinajstić information content (AvgIpc) is 2.52. The maximum absolute atomic E-state index is 11.1. The number of carbonyl (C=O) groups excluding carboxylic acids is 1. The van der Waals surface area contributed by atoms with E-state index in [0.29, 0.717) is 6.54 Å². The Morgan fingerprint density at radius 3 is 3.17 bits per heavy atom. The Kier molecular flexibility index (Phi) is 3.06. The Bertz CT molecular complexity index is 209. The Balaban J connectivity index is 2.36. The monoisotopic (exact) mass is 167 g/mol. The molecule has 1 unspecified atom stereocenters. The van der Waals surface area contributed by atoms with Crippen LogP contribution in [0.25, 0.3) is 0 Å². The highest BCUT2D eigenvalue weighted by Crippen LogP contribution is 2.15. The van der Waals surface area contributed by atoms with Crippen molar-refractivity contribution < 1.29 is 4.79 Å². The van der Waals surface area contributed by atoms with Gasteiger partial charge in [-0.05, 0) is 13.0 Å². The molecule has 12 heavy (non-hydrogen) atoms. The molecule has 1 N–H and O–H groups in total. The third kappa shape index (κ3) is 1.95. The van der Waals surface area contributed by atoms with Gasteiger partial charge in [0.2, 0.25) is 5.91 Å². The van der Waals surface area contributed by atoms with E-state index in [1.165, 1.54) is 0 Å². The highest BCUT2D eigenvalue weighted by molar-refractivity contribution is 5.78. The molecule has 66 valence electrons. The van der Waals surface area contributed by atoms with E-state index in [-0.39, 0.29) is 11.8 Å². The number of rotatable bonds is 2. The smallest absolute Gasteiger partial charge is 0.224 e. The molecule has 1 saturated heterocycles. The van der Waals surface area contributed by atoms with E-state index in [2.05, 4.69) is 11.4 Å². The van der Waals surface area contributed by atoms with Gasteiger partial charge in [0.15, 0.2) is 0 Å². The van der Waals surface area contributed by atoms with Crippen LogP contribution in [0, 0.1) is 17.2 Å². The molecule has 0 saturated carbocycles. The molecule has 4 heteroatoms. The zero-order valence-electron chi connectivity index (χ0n) is 7.21. The Morgan fingerprint density at radius 1 is 1.83 bits per heavy atom.